The molecule has 2 aliphatic heterocycles. The maximum Gasteiger partial charge on any atom is 0.222 e. The lowest BCUT2D eigenvalue weighted by molar-refractivity contribution is -0.136. The number of benzene rings is 1. The topological polar surface area (TPSA) is 78.9 Å². The number of amides is 2. The summed E-state index contributed by atoms with van der Waals surface area (Å²) in [6.07, 6.45) is 5.85. The first-order valence-electron chi connectivity index (χ1n) is 9.89. The molecule has 148 valence electrons. The van der Waals surface area contributed by atoms with Gasteiger partial charge < -0.3 is 20.1 Å². The van der Waals surface area contributed by atoms with Gasteiger partial charge in [0.05, 0.1) is 19.8 Å². The maximum absolute atomic E-state index is 12.8. The first-order chi connectivity index (χ1) is 13.0. The van der Waals surface area contributed by atoms with Gasteiger partial charge in [-0.2, -0.15) is 0 Å². The van der Waals surface area contributed by atoms with Crippen LogP contribution in [0.1, 0.15) is 50.5 Å². The van der Waals surface area contributed by atoms with Gasteiger partial charge in [-0.3, -0.25) is 9.59 Å². The van der Waals surface area contributed by atoms with Crippen molar-refractivity contribution in [2.24, 2.45) is 0 Å². The fourth-order valence-corrected chi connectivity index (χ4v) is 4.36. The average Bonchev–Trinajstić information content (AvgIpc) is 3.06. The largest absolute Gasteiger partial charge is 0.497 e. The number of hydrogen-bond acceptors (Lipinski definition) is 4. The number of methoxy groups -OCH3 is 1. The molecule has 3 rings (SSSR count). The van der Waals surface area contributed by atoms with Gasteiger partial charge in [0.25, 0.3) is 0 Å². The fourth-order valence-electron chi connectivity index (χ4n) is 4.36. The monoisotopic (exact) mass is 374 g/mol. The minimum Gasteiger partial charge on any atom is -0.497 e. The van der Waals surface area contributed by atoms with E-state index in [1.807, 2.05) is 29.2 Å². The summed E-state index contributed by atoms with van der Waals surface area (Å²) in [5.41, 5.74) is 0.707. The number of rotatable bonds is 7. The Morgan fingerprint density at radius 2 is 2.26 bits per heavy atom. The van der Waals surface area contributed by atoms with Crippen molar-refractivity contribution in [2.75, 3.05) is 20.3 Å². The average molecular weight is 374 g/mol. The van der Waals surface area contributed by atoms with Crippen molar-refractivity contribution < 1.29 is 19.4 Å². The summed E-state index contributed by atoms with van der Waals surface area (Å²) in [5, 5.41) is 12.7. The Hall–Kier alpha value is -2.08. The molecule has 2 heterocycles. The van der Waals surface area contributed by atoms with Gasteiger partial charge in [-0.25, -0.2) is 0 Å². The van der Waals surface area contributed by atoms with Crippen LogP contribution in [-0.2, 0) is 16.0 Å². The van der Waals surface area contributed by atoms with E-state index in [4.69, 9.17) is 4.74 Å². The summed E-state index contributed by atoms with van der Waals surface area (Å²) in [6.45, 7) is 0.747. The van der Waals surface area contributed by atoms with Gasteiger partial charge in [0.1, 0.15) is 5.75 Å². The number of ether oxygens (including phenoxy) is 1. The third-order valence-electron chi connectivity index (χ3n) is 5.89. The number of piperidine rings is 1. The first kappa shape index (κ1) is 19.7. The van der Waals surface area contributed by atoms with E-state index in [1.54, 1.807) is 7.11 Å². The number of nitrogens with one attached hydrogen (secondary N) is 1. The van der Waals surface area contributed by atoms with E-state index in [1.165, 1.54) is 0 Å². The van der Waals surface area contributed by atoms with Crippen LogP contribution in [0.3, 0.4) is 0 Å². The van der Waals surface area contributed by atoms with E-state index in [9.17, 15) is 14.7 Å². The second-order valence-electron chi connectivity index (χ2n) is 7.78. The predicted molar refractivity (Wildman–Crippen MR) is 102 cm³/mol. The van der Waals surface area contributed by atoms with Gasteiger partial charge in [0.2, 0.25) is 11.8 Å². The van der Waals surface area contributed by atoms with Crippen molar-refractivity contribution >= 4 is 11.8 Å². The molecule has 6 nitrogen and oxygen atoms in total. The molecule has 2 amide bonds. The van der Waals surface area contributed by atoms with E-state index < -0.39 is 0 Å². The zero-order chi connectivity index (χ0) is 19.3. The number of carbonyl (C=O) groups excluding carboxylic acids is 2. The molecule has 0 spiro atoms. The van der Waals surface area contributed by atoms with Crippen molar-refractivity contribution in [1.29, 1.82) is 0 Å². The van der Waals surface area contributed by atoms with Crippen LogP contribution in [0.15, 0.2) is 24.3 Å². The highest BCUT2D eigenvalue weighted by Crippen LogP contribution is 2.31. The lowest BCUT2D eigenvalue weighted by Crippen LogP contribution is -2.48. The van der Waals surface area contributed by atoms with E-state index in [0.29, 0.717) is 25.7 Å². The van der Waals surface area contributed by atoms with E-state index in [2.05, 4.69) is 5.32 Å². The van der Waals surface area contributed by atoms with Gasteiger partial charge in [-0.15, -0.1) is 0 Å². The highest BCUT2D eigenvalue weighted by molar-refractivity contribution is 5.80. The molecule has 0 bridgehead atoms. The minimum atomic E-state index is -0.385. The lowest BCUT2D eigenvalue weighted by Gasteiger charge is -2.36. The molecule has 0 aliphatic carbocycles. The molecule has 6 heteroatoms. The Kier molecular flexibility index (Phi) is 6.37. The molecule has 1 aromatic carbocycles. The van der Waals surface area contributed by atoms with Crippen LogP contribution in [0.2, 0.25) is 0 Å². The van der Waals surface area contributed by atoms with Crippen molar-refractivity contribution in [3.8, 4) is 5.75 Å². The maximum atomic E-state index is 12.8. The molecular formula is C21H30N2O4. The minimum absolute atomic E-state index is 0.0252. The van der Waals surface area contributed by atoms with Crippen LogP contribution in [0.4, 0.5) is 0 Å². The standard InChI is InChI=1S/C21H30N2O4/c1-27-18-7-4-5-16(13-18)14-21(10-8-19(25)22-21)11-9-20(26)23-12-3-2-6-17(23)15-24/h4-5,7,13,17,24H,2-3,6,8-12,14-15H2,1H3,(H,22,25)/t17-,21-/m1/s1. The summed E-state index contributed by atoms with van der Waals surface area (Å²) in [5.74, 6) is 0.929. The van der Waals surface area contributed by atoms with E-state index in [0.717, 1.165) is 43.5 Å². The summed E-state index contributed by atoms with van der Waals surface area (Å²) in [6, 6.07) is 7.81. The highest BCUT2D eigenvalue weighted by atomic mass is 16.5. The Balaban J connectivity index is 1.67. The van der Waals surface area contributed by atoms with Crippen LogP contribution in [0.5, 0.6) is 5.75 Å². The Labute approximate surface area is 160 Å². The first-order valence-corrected chi connectivity index (χ1v) is 9.89. The lowest BCUT2D eigenvalue weighted by atomic mass is 9.84. The zero-order valence-corrected chi connectivity index (χ0v) is 16.1. The van der Waals surface area contributed by atoms with Gasteiger partial charge in [0.15, 0.2) is 0 Å². The van der Waals surface area contributed by atoms with Crippen LogP contribution in [0, 0.1) is 0 Å². The van der Waals surface area contributed by atoms with Gasteiger partial charge >= 0.3 is 0 Å². The van der Waals surface area contributed by atoms with Crippen LogP contribution < -0.4 is 10.1 Å². The highest BCUT2D eigenvalue weighted by Gasteiger charge is 2.38. The van der Waals surface area contributed by atoms with Crippen LogP contribution in [0.25, 0.3) is 0 Å². The molecule has 0 aromatic heterocycles. The molecule has 0 unspecified atom stereocenters. The third kappa shape index (κ3) is 4.80. The summed E-state index contributed by atoms with van der Waals surface area (Å²) < 4.78 is 5.30. The molecular weight excluding hydrogens is 344 g/mol. The third-order valence-corrected chi connectivity index (χ3v) is 5.89. The van der Waals surface area contributed by atoms with Gasteiger partial charge in [0, 0.05) is 24.9 Å². The molecule has 2 saturated heterocycles. The summed E-state index contributed by atoms with van der Waals surface area (Å²) in [4.78, 5) is 26.6. The van der Waals surface area contributed by atoms with Crippen molar-refractivity contribution in [3.63, 3.8) is 0 Å². The molecule has 0 radical (unpaired) electrons. The normalized spacial score (nSPS) is 25.3. The fraction of sp³-hybridized carbons (Fsp3) is 0.619. The second kappa shape index (κ2) is 8.74. The predicted octanol–water partition coefficient (Wildman–Crippen LogP) is 2.04. The Morgan fingerprint density at radius 1 is 1.41 bits per heavy atom. The quantitative estimate of drug-likeness (QED) is 0.766. The summed E-state index contributed by atoms with van der Waals surface area (Å²) in [7, 11) is 1.64. The molecule has 1 aromatic rings. The Morgan fingerprint density at radius 3 is 2.96 bits per heavy atom. The van der Waals surface area contributed by atoms with Gasteiger partial charge in [-0.1, -0.05) is 12.1 Å². The number of carbonyl (C=O) groups is 2. The van der Waals surface area contributed by atoms with E-state index in [-0.39, 0.29) is 30.0 Å². The van der Waals surface area contributed by atoms with Crippen LogP contribution >= 0.6 is 0 Å². The van der Waals surface area contributed by atoms with Gasteiger partial charge in [-0.05, 0) is 56.2 Å². The molecule has 0 saturated carbocycles. The smallest absolute Gasteiger partial charge is 0.222 e. The molecule has 2 N–H and O–H groups in total. The SMILES string of the molecule is COc1cccc(C[C@]2(CCC(=O)N3CCCC[C@@H]3CO)CCC(=O)N2)c1. The van der Waals surface area contributed by atoms with Crippen LogP contribution in [-0.4, -0.2) is 53.7 Å². The molecule has 2 fully saturated rings. The zero-order valence-electron chi connectivity index (χ0n) is 16.1. The van der Waals surface area contributed by atoms with Crippen molar-refractivity contribution in [1.82, 2.24) is 10.2 Å². The molecule has 27 heavy (non-hydrogen) atoms. The molecule has 2 aliphatic rings. The Bertz CT molecular complexity index is 678. The van der Waals surface area contributed by atoms with E-state index >= 15 is 0 Å². The summed E-state index contributed by atoms with van der Waals surface area (Å²) >= 11 is 0. The van der Waals surface area contributed by atoms with Crippen molar-refractivity contribution in [2.45, 2.75) is 62.9 Å². The second-order valence-corrected chi connectivity index (χ2v) is 7.78. The number of hydrogen-bond donors (Lipinski definition) is 2. The number of aliphatic hydroxyl groups excluding tert-OH is 1. The number of nitrogens with zero attached hydrogens (tertiary/aromatic N) is 1. The molecule has 2 atom stereocenters. The van der Waals surface area contributed by atoms with Crippen molar-refractivity contribution in [3.05, 3.63) is 29.8 Å². The number of likely N-dealkylation sites (tertiary alicyclic amines) is 1. The number of aliphatic hydroxyl groups is 1.